The second kappa shape index (κ2) is 4.09. The zero-order chi connectivity index (χ0) is 9.84. The molecular weight excluding hydrogens is 192 g/mol. The van der Waals surface area contributed by atoms with E-state index in [1.165, 1.54) is 13.0 Å². The van der Waals surface area contributed by atoms with Crippen LogP contribution in [0, 0.1) is 0 Å². The molecule has 1 aromatic heterocycles. The maximum Gasteiger partial charge on any atom is 0.217 e. The number of carbonyl (C=O) groups excluding carboxylic acids is 1. The van der Waals surface area contributed by atoms with Crippen molar-refractivity contribution in [2.45, 2.75) is 13.5 Å². The predicted octanol–water partition coefficient (Wildman–Crippen LogP) is 1.08. The van der Waals surface area contributed by atoms with Crippen molar-refractivity contribution in [2.75, 3.05) is 0 Å². The lowest BCUT2D eigenvalue weighted by Gasteiger charge is -2.02. The summed E-state index contributed by atoms with van der Waals surface area (Å²) in [6.45, 7) is 1.73. The Morgan fingerprint density at radius 1 is 1.69 bits per heavy atom. The summed E-state index contributed by atoms with van der Waals surface area (Å²) in [5.41, 5.74) is 0.609. The molecular formula is C8H9ClN2O2. The number of amides is 1. The Labute approximate surface area is 80.6 Å². The van der Waals surface area contributed by atoms with Gasteiger partial charge in [0.1, 0.15) is 0 Å². The van der Waals surface area contributed by atoms with Crippen LogP contribution in [0.25, 0.3) is 0 Å². The highest BCUT2D eigenvalue weighted by atomic mass is 35.5. The van der Waals surface area contributed by atoms with Crippen molar-refractivity contribution in [3.63, 3.8) is 0 Å². The molecule has 0 aromatic carbocycles. The van der Waals surface area contributed by atoms with Crippen LogP contribution in [0.2, 0.25) is 5.15 Å². The number of rotatable bonds is 2. The maximum atomic E-state index is 10.5. The molecule has 1 rings (SSSR count). The van der Waals surface area contributed by atoms with Crippen LogP contribution in [0.5, 0.6) is 5.75 Å². The van der Waals surface area contributed by atoms with Gasteiger partial charge in [0.15, 0.2) is 10.9 Å². The molecule has 70 valence electrons. The smallest absolute Gasteiger partial charge is 0.217 e. The number of aromatic hydroxyl groups is 1. The summed E-state index contributed by atoms with van der Waals surface area (Å²) >= 11 is 5.56. The molecule has 5 heteroatoms. The fourth-order valence-corrected chi connectivity index (χ4v) is 0.950. The Balaban J connectivity index is 2.68. The minimum atomic E-state index is -0.133. The van der Waals surface area contributed by atoms with Crippen LogP contribution in [-0.4, -0.2) is 16.0 Å². The first-order valence-corrected chi connectivity index (χ1v) is 4.06. The van der Waals surface area contributed by atoms with E-state index in [4.69, 9.17) is 16.7 Å². The third-order valence-electron chi connectivity index (χ3n) is 1.41. The Morgan fingerprint density at radius 3 is 2.92 bits per heavy atom. The van der Waals surface area contributed by atoms with Crippen LogP contribution in [0.1, 0.15) is 12.6 Å². The third-order valence-corrected chi connectivity index (χ3v) is 1.68. The number of nitrogens with zero attached hydrogens (tertiary/aromatic N) is 1. The fraction of sp³-hybridized carbons (Fsp3) is 0.250. The summed E-state index contributed by atoms with van der Waals surface area (Å²) in [6, 6.07) is 3.03. The zero-order valence-electron chi connectivity index (χ0n) is 7.04. The van der Waals surface area contributed by atoms with Gasteiger partial charge in [-0.1, -0.05) is 11.6 Å². The van der Waals surface area contributed by atoms with Crippen molar-refractivity contribution in [1.29, 1.82) is 0 Å². The first-order valence-electron chi connectivity index (χ1n) is 3.68. The van der Waals surface area contributed by atoms with Crippen LogP contribution in [0.15, 0.2) is 12.1 Å². The minimum Gasteiger partial charge on any atom is -0.505 e. The molecule has 0 spiro atoms. The van der Waals surface area contributed by atoms with E-state index in [0.29, 0.717) is 12.2 Å². The first-order chi connectivity index (χ1) is 6.09. The van der Waals surface area contributed by atoms with Gasteiger partial charge in [0.05, 0.1) is 12.2 Å². The predicted molar refractivity (Wildman–Crippen MR) is 48.4 cm³/mol. The quantitative estimate of drug-likeness (QED) is 0.703. The van der Waals surface area contributed by atoms with Gasteiger partial charge in [-0.2, -0.15) is 0 Å². The lowest BCUT2D eigenvalue weighted by Crippen LogP contribution is -2.19. The van der Waals surface area contributed by atoms with E-state index < -0.39 is 0 Å². The monoisotopic (exact) mass is 200 g/mol. The molecule has 1 aromatic rings. The summed E-state index contributed by atoms with van der Waals surface area (Å²) in [5.74, 6) is -0.195. The van der Waals surface area contributed by atoms with Crippen molar-refractivity contribution >= 4 is 17.5 Å². The van der Waals surface area contributed by atoms with Gasteiger partial charge in [0.25, 0.3) is 0 Å². The van der Waals surface area contributed by atoms with Crippen molar-refractivity contribution in [1.82, 2.24) is 10.3 Å². The molecule has 0 saturated carbocycles. The van der Waals surface area contributed by atoms with Crippen LogP contribution < -0.4 is 5.32 Å². The Hall–Kier alpha value is -1.29. The number of hydrogen-bond acceptors (Lipinski definition) is 3. The number of hydrogen-bond donors (Lipinski definition) is 2. The van der Waals surface area contributed by atoms with Crippen LogP contribution in [0.4, 0.5) is 0 Å². The van der Waals surface area contributed by atoms with Gasteiger partial charge in [-0.3, -0.25) is 4.79 Å². The van der Waals surface area contributed by atoms with E-state index in [9.17, 15) is 4.79 Å². The molecule has 0 fully saturated rings. The van der Waals surface area contributed by atoms with Gasteiger partial charge in [-0.15, -0.1) is 0 Å². The number of aromatic nitrogens is 1. The molecule has 0 aliphatic rings. The van der Waals surface area contributed by atoms with E-state index >= 15 is 0 Å². The average Bonchev–Trinajstić information content (AvgIpc) is 2.07. The van der Waals surface area contributed by atoms with E-state index in [0.717, 1.165) is 0 Å². The molecule has 0 saturated heterocycles. The molecule has 0 bridgehead atoms. The highest BCUT2D eigenvalue weighted by Crippen LogP contribution is 2.19. The summed E-state index contributed by atoms with van der Waals surface area (Å²) in [5, 5.41) is 11.7. The standard InChI is InChI=1S/C8H9ClN2O2/c1-5(12)10-4-6-2-3-7(13)8(9)11-6/h2-3,13H,4H2,1H3,(H,10,12). The van der Waals surface area contributed by atoms with E-state index in [2.05, 4.69) is 10.3 Å². The molecule has 0 radical (unpaired) electrons. The molecule has 1 heterocycles. The van der Waals surface area contributed by atoms with Crippen molar-refractivity contribution < 1.29 is 9.90 Å². The van der Waals surface area contributed by atoms with Crippen LogP contribution in [0.3, 0.4) is 0 Å². The van der Waals surface area contributed by atoms with Gasteiger partial charge >= 0.3 is 0 Å². The second-order valence-electron chi connectivity index (χ2n) is 2.52. The SMILES string of the molecule is CC(=O)NCc1ccc(O)c(Cl)n1. The maximum absolute atomic E-state index is 10.5. The Morgan fingerprint density at radius 2 is 2.38 bits per heavy atom. The van der Waals surface area contributed by atoms with Gasteiger partial charge in [0.2, 0.25) is 5.91 Å². The Kier molecular flexibility index (Phi) is 3.08. The lowest BCUT2D eigenvalue weighted by molar-refractivity contribution is -0.119. The van der Waals surface area contributed by atoms with Gasteiger partial charge in [-0.25, -0.2) is 4.98 Å². The summed E-state index contributed by atoms with van der Waals surface area (Å²) in [6.07, 6.45) is 0. The van der Waals surface area contributed by atoms with Crippen molar-refractivity contribution in [3.8, 4) is 5.75 Å². The third kappa shape index (κ3) is 2.91. The Bertz CT molecular complexity index is 328. The molecule has 2 N–H and O–H groups in total. The summed E-state index contributed by atoms with van der Waals surface area (Å²) in [4.78, 5) is 14.4. The highest BCUT2D eigenvalue weighted by Gasteiger charge is 2.01. The fourth-order valence-electron chi connectivity index (χ4n) is 0.778. The molecule has 0 unspecified atom stereocenters. The molecule has 1 amide bonds. The van der Waals surface area contributed by atoms with Gasteiger partial charge < -0.3 is 10.4 Å². The van der Waals surface area contributed by atoms with Crippen LogP contribution in [-0.2, 0) is 11.3 Å². The average molecular weight is 201 g/mol. The van der Waals surface area contributed by atoms with E-state index in [1.54, 1.807) is 6.07 Å². The first kappa shape index (κ1) is 9.80. The molecule has 0 aliphatic carbocycles. The highest BCUT2D eigenvalue weighted by molar-refractivity contribution is 6.30. The molecule has 0 atom stereocenters. The number of halogens is 1. The van der Waals surface area contributed by atoms with Gasteiger partial charge in [-0.05, 0) is 12.1 Å². The number of carbonyl (C=O) groups is 1. The number of pyridine rings is 1. The summed E-state index contributed by atoms with van der Waals surface area (Å²) in [7, 11) is 0. The zero-order valence-corrected chi connectivity index (χ0v) is 7.80. The number of nitrogens with one attached hydrogen (secondary N) is 1. The normalized spacial score (nSPS) is 9.69. The second-order valence-corrected chi connectivity index (χ2v) is 2.88. The van der Waals surface area contributed by atoms with E-state index in [-0.39, 0.29) is 16.8 Å². The minimum absolute atomic E-state index is 0.0443. The molecule has 13 heavy (non-hydrogen) atoms. The largest absolute Gasteiger partial charge is 0.505 e. The topological polar surface area (TPSA) is 62.2 Å². The van der Waals surface area contributed by atoms with E-state index in [1.807, 2.05) is 0 Å². The molecule has 0 aliphatic heterocycles. The van der Waals surface area contributed by atoms with Crippen molar-refractivity contribution in [2.24, 2.45) is 0 Å². The van der Waals surface area contributed by atoms with Crippen LogP contribution >= 0.6 is 11.6 Å². The van der Waals surface area contributed by atoms with Gasteiger partial charge in [0, 0.05) is 6.92 Å². The lowest BCUT2D eigenvalue weighted by atomic mass is 10.3. The molecule has 4 nitrogen and oxygen atoms in total. The summed E-state index contributed by atoms with van der Waals surface area (Å²) < 4.78 is 0. The van der Waals surface area contributed by atoms with Crippen molar-refractivity contribution in [3.05, 3.63) is 23.0 Å².